The van der Waals surface area contributed by atoms with Crippen LogP contribution in [0.3, 0.4) is 0 Å². The molecular weight excluding hydrogens is 492 g/mol. The number of benzene rings is 2. The first-order valence-electron chi connectivity index (χ1n) is 12.3. The summed E-state index contributed by atoms with van der Waals surface area (Å²) in [5, 5.41) is 11.1. The second-order valence-electron chi connectivity index (χ2n) is 8.82. The number of halogens is 1. The molecule has 1 saturated heterocycles. The first-order valence-corrected chi connectivity index (χ1v) is 13.1. The van der Waals surface area contributed by atoms with Gasteiger partial charge in [-0.15, -0.1) is 0 Å². The van der Waals surface area contributed by atoms with E-state index in [9.17, 15) is 14.7 Å². The Kier molecular flexibility index (Phi) is 9.90. The summed E-state index contributed by atoms with van der Waals surface area (Å²) in [7, 11) is 0. The molecule has 1 heterocycles. The average molecular weight is 528 g/mol. The van der Waals surface area contributed by atoms with Gasteiger partial charge in [0.1, 0.15) is 5.76 Å². The second-order valence-corrected chi connectivity index (χ2v) is 9.73. The molecule has 3 rings (SSSR count). The SMILES string of the molecule is CCCCN(CCCC)CCCN1C(=O)C(=O)C(=C(O)c2ccccc2)[C@H]1c1cccc(Br)c1. The highest BCUT2D eigenvalue weighted by Crippen LogP contribution is 2.40. The molecule has 0 saturated carbocycles. The largest absolute Gasteiger partial charge is 0.507 e. The number of carbonyl (C=O) groups is 2. The van der Waals surface area contributed by atoms with Crippen molar-refractivity contribution in [1.29, 1.82) is 0 Å². The molecule has 34 heavy (non-hydrogen) atoms. The van der Waals surface area contributed by atoms with E-state index < -0.39 is 17.7 Å². The number of hydrogen-bond acceptors (Lipinski definition) is 4. The molecule has 1 atom stereocenters. The molecule has 0 bridgehead atoms. The van der Waals surface area contributed by atoms with Gasteiger partial charge in [0.2, 0.25) is 0 Å². The zero-order valence-corrected chi connectivity index (χ0v) is 21.8. The highest BCUT2D eigenvalue weighted by molar-refractivity contribution is 9.10. The number of aliphatic hydroxyl groups excluding tert-OH is 1. The molecule has 0 radical (unpaired) electrons. The number of likely N-dealkylation sites (tertiary alicyclic amines) is 1. The molecule has 1 aliphatic heterocycles. The molecule has 1 amide bonds. The number of rotatable bonds is 12. The third kappa shape index (κ3) is 6.36. The highest BCUT2D eigenvalue weighted by Gasteiger charge is 2.45. The molecule has 0 aliphatic carbocycles. The lowest BCUT2D eigenvalue weighted by Crippen LogP contribution is -2.34. The predicted molar refractivity (Wildman–Crippen MR) is 140 cm³/mol. The summed E-state index contributed by atoms with van der Waals surface area (Å²) in [4.78, 5) is 30.4. The number of carbonyl (C=O) groups excluding carboxylic acids is 2. The van der Waals surface area contributed by atoms with E-state index in [4.69, 9.17) is 0 Å². The predicted octanol–water partition coefficient (Wildman–Crippen LogP) is 6.16. The summed E-state index contributed by atoms with van der Waals surface area (Å²) in [6, 6.07) is 16.0. The van der Waals surface area contributed by atoms with E-state index >= 15 is 0 Å². The lowest BCUT2D eigenvalue weighted by molar-refractivity contribution is -0.140. The van der Waals surface area contributed by atoms with E-state index in [0.717, 1.165) is 61.8 Å². The lowest BCUT2D eigenvalue weighted by Gasteiger charge is -2.27. The van der Waals surface area contributed by atoms with Crippen molar-refractivity contribution in [3.05, 3.63) is 75.8 Å². The van der Waals surface area contributed by atoms with Gasteiger partial charge in [-0.2, -0.15) is 0 Å². The molecule has 0 spiro atoms. The van der Waals surface area contributed by atoms with Crippen LogP contribution in [0.1, 0.15) is 63.1 Å². The zero-order chi connectivity index (χ0) is 24.5. The van der Waals surface area contributed by atoms with Crippen LogP contribution in [0.4, 0.5) is 0 Å². The van der Waals surface area contributed by atoms with Gasteiger partial charge in [-0.3, -0.25) is 9.59 Å². The summed E-state index contributed by atoms with van der Waals surface area (Å²) in [6.45, 7) is 7.84. The molecule has 1 N–H and O–H groups in total. The summed E-state index contributed by atoms with van der Waals surface area (Å²) >= 11 is 3.51. The van der Waals surface area contributed by atoms with E-state index in [-0.39, 0.29) is 11.3 Å². The minimum absolute atomic E-state index is 0.126. The summed E-state index contributed by atoms with van der Waals surface area (Å²) in [6.07, 6.45) is 5.39. The Balaban J connectivity index is 1.89. The van der Waals surface area contributed by atoms with Gasteiger partial charge in [0.25, 0.3) is 11.7 Å². The van der Waals surface area contributed by atoms with Gasteiger partial charge in [0.15, 0.2) is 0 Å². The number of Topliss-reactive ketones (excluding diaryl/α,β-unsaturated/α-hetero) is 1. The van der Waals surface area contributed by atoms with Crippen molar-refractivity contribution in [3.63, 3.8) is 0 Å². The number of unbranched alkanes of at least 4 members (excludes halogenated alkanes) is 2. The Bertz CT molecular complexity index is 998. The summed E-state index contributed by atoms with van der Waals surface area (Å²) < 4.78 is 0.862. The van der Waals surface area contributed by atoms with Crippen molar-refractivity contribution >= 4 is 33.4 Å². The lowest BCUT2D eigenvalue weighted by atomic mass is 9.95. The van der Waals surface area contributed by atoms with Crippen LogP contribution in [-0.4, -0.2) is 52.8 Å². The maximum absolute atomic E-state index is 13.1. The van der Waals surface area contributed by atoms with Crippen molar-refractivity contribution in [1.82, 2.24) is 9.80 Å². The maximum atomic E-state index is 13.1. The first kappa shape index (κ1) is 26.2. The van der Waals surface area contributed by atoms with Crippen LogP contribution in [0.5, 0.6) is 0 Å². The fourth-order valence-corrected chi connectivity index (χ4v) is 4.87. The number of nitrogens with zero attached hydrogens (tertiary/aromatic N) is 2. The molecule has 0 aromatic heterocycles. The number of hydrogen-bond donors (Lipinski definition) is 1. The second kappa shape index (κ2) is 12.9. The van der Waals surface area contributed by atoms with Gasteiger partial charge in [-0.25, -0.2) is 0 Å². The van der Waals surface area contributed by atoms with E-state index in [1.165, 1.54) is 0 Å². The molecule has 2 aromatic rings. The summed E-state index contributed by atoms with van der Waals surface area (Å²) in [5.41, 5.74) is 1.49. The standard InChI is InChI=1S/C28H35BrN2O3/c1-3-5-16-30(17-6-4-2)18-11-19-31-25(22-14-10-15-23(29)20-22)24(27(33)28(31)34)26(32)21-12-8-7-9-13-21/h7-10,12-15,20,25,32H,3-6,11,16-19H2,1-2H3/t25-/m1/s1. The number of amides is 1. The number of ketones is 1. The molecular formula is C28H35BrN2O3. The van der Waals surface area contributed by atoms with Gasteiger partial charge in [0, 0.05) is 16.6 Å². The summed E-state index contributed by atoms with van der Waals surface area (Å²) in [5.74, 6) is -1.30. The van der Waals surface area contributed by atoms with Crippen LogP contribution in [0.2, 0.25) is 0 Å². The quantitative estimate of drug-likeness (QED) is 0.204. The van der Waals surface area contributed by atoms with E-state index in [2.05, 4.69) is 34.7 Å². The Morgan fingerprint density at radius 1 is 0.941 bits per heavy atom. The highest BCUT2D eigenvalue weighted by atomic mass is 79.9. The monoisotopic (exact) mass is 526 g/mol. The van der Waals surface area contributed by atoms with Gasteiger partial charge < -0.3 is 14.9 Å². The first-order chi connectivity index (χ1) is 16.5. The Morgan fingerprint density at radius 3 is 2.21 bits per heavy atom. The number of aliphatic hydroxyl groups is 1. The molecule has 2 aromatic carbocycles. The van der Waals surface area contributed by atoms with E-state index in [1.807, 2.05) is 30.3 Å². The molecule has 0 unspecified atom stereocenters. The van der Waals surface area contributed by atoms with Crippen LogP contribution < -0.4 is 0 Å². The van der Waals surface area contributed by atoms with Crippen LogP contribution in [0.15, 0.2) is 64.6 Å². The Labute approximate surface area is 211 Å². The van der Waals surface area contributed by atoms with Crippen molar-refractivity contribution in [2.45, 2.75) is 52.0 Å². The smallest absolute Gasteiger partial charge is 0.295 e. The minimum Gasteiger partial charge on any atom is -0.507 e. The van der Waals surface area contributed by atoms with Crippen molar-refractivity contribution < 1.29 is 14.7 Å². The molecule has 6 heteroatoms. The fourth-order valence-electron chi connectivity index (χ4n) is 4.45. The topological polar surface area (TPSA) is 60.9 Å². The van der Waals surface area contributed by atoms with Crippen molar-refractivity contribution in [2.24, 2.45) is 0 Å². The maximum Gasteiger partial charge on any atom is 0.295 e. The van der Waals surface area contributed by atoms with Crippen LogP contribution in [0, 0.1) is 0 Å². The van der Waals surface area contributed by atoms with Crippen LogP contribution in [-0.2, 0) is 9.59 Å². The van der Waals surface area contributed by atoms with Crippen molar-refractivity contribution in [2.75, 3.05) is 26.2 Å². The third-order valence-corrected chi connectivity index (χ3v) is 6.77. The van der Waals surface area contributed by atoms with E-state index in [0.29, 0.717) is 12.1 Å². The van der Waals surface area contributed by atoms with Crippen molar-refractivity contribution in [3.8, 4) is 0 Å². The van der Waals surface area contributed by atoms with Gasteiger partial charge in [0.05, 0.1) is 11.6 Å². The van der Waals surface area contributed by atoms with Gasteiger partial charge in [-0.1, -0.05) is 85.1 Å². The fraction of sp³-hybridized carbons (Fsp3) is 0.429. The third-order valence-electron chi connectivity index (χ3n) is 6.28. The zero-order valence-electron chi connectivity index (χ0n) is 20.2. The Hall–Kier alpha value is -2.44. The van der Waals surface area contributed by atoms with Gasteiger partial charge >= 0.3 is 0 Å². The molecule has 5 nitrogen and oxygen atoms in total. The van der Waals surface area contributed by atoms with E-state index in [1.54, 1.807) is 29.2 Å². The normalized spacial score (nSPS) is 17.6. The van der Waals surface area contributed by atoms with Crippen LogP contribution >= 0.6 is 15.9 Å². The average Bonchev–Trinajstić information content (AvgIpc) is 3.10. The van der Waals surface area contributed by atoms with Crippen LogP contribution in [0.25, 0.3) is 5.76 Å². The molecule has 182 valence electrons. The van der Waals surface area contributed by atoms with Gasteiger partial charge in [-0.05, 0) is 56.6 Å². The molecule has 1 fully saturated rings. The molecule has 1 aliphatic rings. The Morgan fingerprint density at radius 2 is 1.59 bits per heavy atom. The minimum atomic E-state index is -0.625.